The summed E-state index contributed by atoms with van der Waals surface area (Å²) < 4.78 is 40.1. The summed E-state index contributed by atoms with van der Waals surface area (Å²) >= 11 is 0. The summed E-state index contributed by atoms with van der Waals surface area (Å²) in [6, 6.07) is 2.55. The summed E-state index contributed by atoms with van der Waals surface area (Å²) in [6.45, 7) is 8.48. The molecule has 1 aliphatic heterocycles. The Morgan fingerprint density at radius 3 is 2.70 bits per heavy atom. The maximum absolute atomic E-state index is 13.4. The molecule has 27 heavy (non-hydrogen) atoms. The van der Waals surface area contributed by atoms with Crippen LogP contribution in [0.15, 0.2) is 23.2 Å². The highest BCUT2D eigenvalue weighted by molar-refractivity contribution is 5.81. The number of benzene rings is 1. The van der Waals surface area contributed by atoms with E-state index in [1.54, 1.807) is 19.1 Å². The summed E-state index contributed by atoms with van der Waals surface area (Å²) in [7, 11) is 0. The number of aliphatic imine (C=N–C) groups is 1. The van der Waals surface area contributed by atoms with Crippen molar-refractivity contribution >= 4 is 30.1 Å². The third-order valence-electron chi connectivity index (χ3n) is 4.56. The number of anilines is 1. The van der Waals surface area contributed by atoms with Gasteiger partial charge in [-0.05, 0) is 38.1 Å². The Kier molecular flexibility index (Phi) is 6.64. The smallest absolute Gasteiger partial charge is 0.369 e. The van der Waals surface area contributed by atoms with Gasteiger partial charge in [-0.2, -0.15) is 13.2 Å². The number of hydrogen-bond acceptors (Lipinski definition) is 4. The van der Waals surface area contributed by atoms with Gasteiger partial charge in [-0.1, -0.05) is 19.1 Å². The van der Waals surface area contributed by atoms with Crippen molar-refractivity contribution in [3.05, 3.63) is 29.3 Å². The molecule has 0 spiro atoms. The molecule has 0 aromatic heterocycles. The first-order chi connectivity index (χ1) is 12.7. The number of piperidine rings is 1. The maximum Gasteiger partial charge on any atom is 0.418 e. The molecule has 8 heteroatoms. The van der Waals surface area contributed by atoms with E-state index >= 15 is 0 Å². The molecule has 3 N–H and O–H groups in total. The molecule has 1 aliphatic rings. The lowest BCUT2D eigenvalue weighted by molar-refractivity contribution is -0.137. The molecule has 0 saturated carbocycles. The molecule has 148 valence electrons. The molecular formula is C19H25F3N4O. The Bertz CT molecular complexity index is 730. The van der Waals surface area contributed by atoms with Crippen molar-refractivity contribution in [1.29, 1.82) is 0 Å². The predicted octanol–water partition coefficient (Wildman–Crippen LogP) is 3.36. The van der Waals surface area contributed by atoms with Crippen LogP contribution in [0, 0.1) is 5.92 Å². The molecule has 1 aromatic rings. The summed E-state index contributed by atoms with van der Waals surface area (Å²) in [5.74, 6) is -0.146. The van der Waals surface area contributed by atoms with Crippen LogP contribution in [0.4, 0.5) is 24.5 Å². The van der Waals surface area contributed by atoms with E-state index in [2.05, 4.69) is 24.0 Å². The van der Waals surface area contributed by atoms with E-state index in [0.29, 0.717) is 30.3 Å². The van der Waals surface area contributed by atoms with Gasteiger partial charge in [0, 0.05) is 30.4 Å². The number of alkyl halides is 3. The Morgan fingerprint density at radius 1 is 1.44 bits per heavy atom. The van der Waals surface area contributed by atoms with Gasteiger partial charge in [-0.3, -0.25) is 9.79 Å². The van der Waals surface area contributed by atoms with Crippen molar-refractivity contribution < 1.29 is 18.0 Å². The average Bonchev–Trinajstić information content (AvgIpc) is 2.58. The van der Waals surface area contributed by atoms with Crippen LogP contribution in [0.3, 0.4) is 0 Å². The van der Waals surface area contributed by atoms with Crippen LogP contribution in [0.1, 0.15) is 31.4 Å². The Hall–Kier alpha value is -2.35. The van der Waals surface area contributed by atoms with Crippen LogP contribution in [0.5, 0.6) is 0 Å². The second kappa shape index (κ2) is 8.56. The number of rotatable bonds is 6. The highest BCUT2D eigenvalue weighted by Gasteiger charge is 2.36. The number of nitrogens with one attached hydrogen (secondary N) is 1. The van der Waals surface area contributed by atoms with Gasteiger partial charge >= 0.3 is 6.18 Å². The van der Waals surface area contributed by atoms with Gasteiger partial charge in [-0.25, -0.2) is 0 Å². The first kappa shape index (κ1) is 21.0. The quantitative estimate of drug-likeness (QED) is 0.741. The largest absolute Gasteiger partial charge is 0.418 e. The van der Waals surface area contributed by atoms with Crippen LogP contribution in [-0.2, 0) is 11.0 Å². The summed E-state index contributed by atoms with van der Waals surface area (Å²) in [6.07, 6.45) is -0.342. The van der Waals surface area contributed by atoms with E-state index in [0.717, 1.165) is 12.5 Å². The van der Waals surface area contributed by atoms with Gasteiger partial charge in [0.25, 0.3) is 0 Å². The van der Waals surface area contributed by atoms with Crippen molar-refractivity contribution in [2.24, 2.45) is 16.6 Å². The number of nitrogens with two attached hydrogens (primary N) is 1. The SMILES string of the molecule is C=Nc1c(C(F)(F)F)ccc(N2C[C@@H](C)C[C@@H](NCC(N)=O)C2)c1/C=C\C. The normalized spacial score (nSPS) is 20.9. The van der Waals surface area contributed by atoms with Crippen LogP contribution in [0.25, 0.3) is 6.08 Å². The minimum atomic E-state index is -4.51. The van der Waals surface area contributed by atoms with Gasteiger partial charge < -0.3 is 16.0 Å². The van der Waals surface area contributed by atoms with E-state index in [4.69, 9.17) is 5.73 Å². The third-order valence-corrected chi connectivity index (χ3v) is 4.56. The zero-order valence-corrected chi connectivity index (χ0v) is 15.5. The second-order valence-corrected chi connectivity index (χ2v) is 6.84. The van der Waals surface area contributed by atoms with Crippen molar-refractivity contribution in [2.45, 2.75) is 32.5 Å². The lowest BCUT2D eigenvalue weighted by Crippen LogP contribution is -2.50. The zero-order chi connectivity index (χ0) is 20.2. The van der Waals surface area contributed by atoms with Gasteiger partial charge in [0.15, 0.2) is 0 Å². The minimum Gasteiger partial charge on any atom is -0.369 e. The number of amides is 1. The number of allylic oxidation sites excluding steroid dienone is 1. The maximum atomic E-state index is 13.4. The first-order valence-electron chi connectivity index (χ1n) is 8.77. The van der Waals surface area contributed by atoms with E-state index < -0.39 is 17.6 Å². The number of carbonyl (C=O) groups excluding carboxylic acids is 1. The van der Waals surface area contributed by atoms with E-state index in [-0.39, 0.29) is 18.3 Å². The summed E-state index contributed by atoms with van der Waals surface area (Å²) in [5, 5.41) is 3.12. The van der Waals surface area contributed by atoms with Crippen molar-refractivity contribution in [1.82, 2.24) is 5.32 Å². The van der Waals surface area contributed by atoms with Crippen LogP contribution >= 0.6 is 0 Å². The van der Waals surface area contributed by atoms with E-state index in [9.17, 15) is 18.0 Å². The fourth-order valence-electron chi connectivity index (χ4n) is 3.54. The highest BCUT2D eigenvalue weighted by Crippen LogP contribution is 2.43. The standard InChI is InChI=1S/C19H25F3N4O/c1-4-5-14-16(7-6-15(18(14)24-3)19(20,21)22)26-10-12(2)8-13(11-26)25-9-17(23)27/h4-7,12-13,25H,3,8-11H2,1-2H3,(H2,23,27)/b5-4-/t12-,13+/m0/s1. The highest BCUT2D eigenvalue weighted by atomic mass is 19.4. The monoisotopic (exact) mass is 382 g/mol. The van der Waals surface area contributed by atoms with Gasteiger partial charge in [0.1, 0.15) is 0 Å². The van der Waals surface area contributed by atoms with Crippen LogP contribution in [-0.4, -0.2) is 38.3 Å². The van der Waals surface area contributed by atoms with Crippen LogP contribution < -0.4 is 16.0 Å². The molecule has 5 nitrogen and oxygen atoms in total. The lowest BCUT2D eigenvalue weighted by Gasteiger charge is -2.39. The van der Waals surface area contributed by atoms with E-state index in [1.807, 2.05) is 4.90 Å². The number of carbonyl (C=O) groups is 1. The molecule has 1 heterocycles. The van der Waals surface area contributed by atoms with Crippen molar-refractivity contribution in [3.63, 3.8) is 0 Å². The fraction of sp³-hybridized carbons (Fsp3) is 0.474. The first-order valence-corrected chi connectivity index (χ1v) is 8.77. The Morgan fingerprint density at radius 2 is 2.15 bits per heavy atom. The number of nitrogens with zero attached hydrogens (tertiary/aromatic N) is 2. The molecule has 1 saturated heterocycles. The predicted molar refractivity (Wildman–Crippen MR) is 102 cm³/mol. The molecule has 1 fully saturated rings. The van der Waals surface area contributed by atoms with Gasteiger partial charge in [0.05, 0.1) is 17.8 Å². The van der Waals surface area contributed by atoms with Gasteiger partial charge in [-0.15, -0.1) is 0 Å². The summed E-state index contributed by atoms with van der Waals surface area (Å²) in [4.78, 5) is 16.7. The molecule has 2 rings (SSSR count). The molecule has 0 aliphatic carbocycles. The fourth-order valence-corrected chi connectivity index (χ4v) is 3.54. The summed E-state index contributed by atoms with van der Waals surface area (Å²) in [5.41, 5.74) is 5.29. The van der Waals surface area contributed by atoms with E-state index in [1.165, 1.54) is 6.07 Å². The third kappa shape index (κ3) is 5.09. The minimum absolute atomic E-state index is 0.0159. The molecular weight excluding hydrogens is 357 g/mol. The lowest BCUT2D eigenvalue weighted by atomic mass is 9.93. The van der Waals surface area contributed by atoms with Gasteiger partial charge in [0.2, 0.25) is 5.91 Å². The van der Waals surface area contributed by atoms with Crippen LogP contribution in [0.2, 0.25) is 0 Å². The Balaban J connectivity index is 2.44. The molecule has 2 atom stereocenters. The molecule has 1 amide bonds. The molecule has 0 unspecified atom stereocenters. The molecule has 0 radical (unpaired) electrons. The Labute approximate surface area is 157 Å². The van der Waals surface area contributed by atoms with Crippen molar-refractivity contribution in [3.8, 4) is 0 Å². The number of hydrogen-bond donors (Lipinski definition) is 2. The second-order valence-electron chi connectivity index (χ2n) is 6.84. The topological polar surface area (TPSA) is 70.7 Å². The zero-order valence-electron chi connectivity index (χ0n) is 15.5. The average molecular weight is 382 g/mol. The van der Waals surface area contributed by atoms with Crippen molar-refractivity contribution in [2.75, 3.05) is 24.5 Å². The number of halogens is 3. The molecule has 0 bridgehead atoms. The molecule has 1 aromatic carbocycles. The number of primary amides is 1.